The topological polar surface area (TPSA) is 57.6 Å². The van der Waals surface area contributed by atoms with Crippen LogP contribution >= 0.6 is 0 Å². The minimum absolute atomic E-state index is 0.103. The smallest absolute Gasteiger partial charge is 0.416 e. The number of alkyl halides is 3. The lowest BCUT2D eigenvalue weighted by molar-refractivity contribution is -0.149. The molecule has 2 aromatic carbocycles. The van der Waals surface area contributed by atoms with Gasteiger partial charge in [-0.25, -0.2) is 4.79 Å². The summed E-state index contributed by atoms with van der Waals surface area (Å²) in [6.07, 6.45) is -3.16. The summed E-state index contributed by atoms with van der Waals surface area (Å²) in [4.78, 5) is 24.7. The summed E-state index contributed by atoms with van der Waals surface area (Å²) in [5.74, 6) is -1.57. The van der Waals surface area contributed by atoms with Gasteiger partial charge in [-0.3, -0.25) is 4.79 Å². The van der Waals surface area contributed by atoms with E-state index < -0.39 is 29.7 Å². The highest BCUT2D eigenvalue weighted by Gasteiger charge is 2.34. The summed E-state index contributed by atoms with van der Waals surface area (Å²) < 4.78 is 38.1. The van der Waals surface area contributed by atoms with Gasteiger partial charge in [0.15, 0.2) is 0 Å². The number of amides is 1. The van der Waals surface area contributed by atoms with Crippen LogP contribution in [0.25, 0.3) is 11.1 Å². The number of halogens is 3. The van der Waals surface area contributed by atoms with Crippen molar-refractivity contribution in [1.29, 1.82) is 0 Å². The predicted molar refractivity (Wildman–Crippen MR) is 92.8 cm³/mol. The molecule has 0 bridgehead atoms. The maximum Gasteiger partial charge on any atom is 0.416 e. The van der Waals surface area contributed by atoms with Crippen LogP contribution in [0, 0.1) is 0 Å². The molecule has 0 radical (unpaired) electrons. The quantitative estimate of drug-likeness (QED) is 0.828. The molecule has 1 aliphatic rings. The van der Waals surface area contributed by atoms with E-state index in [-0.39, 0.29) is 13.0 Å². The number of carbonyl (C=O) groups is 2. The second-order valence-corrected chi connectivity index (χ2v) is 6.29. The Balaban J connectivity index is 1.94. The second-order valence-electron chi connectivity index (χ2n) is 6.29. The van der Waals surface area contributed by atoms with E-state index in [0.29, 0.717) is 11.1 Å². The Morgan fingerprint density at radius 3 is 2.26 bits per heavy atom. The number of rotatable bonds is 3. The van der Waals surface area contributed by atoms with Gasteiger partial charge in [0.05, 0.1) is 5.56 Å². The lowest BCUT2D eigenvalue weighted by Crippen LogP contribution is -2.48. The molecule has 140 valence electrons. The Labute approximate surface area is 153 Å². The van der Waals surface area contributed by atoms with Crippen LogP contribution in [0.3, 0.4) is 0 Å². The van der Waals surface area contributed by atoms with Crippen molar-refractivity contribution < 1.29 is 27.9 Å². The molecule has 0 aliphatic carbocycles. The number of carboxylic acids is 1. The summed E-state index contributed by atoms with van der Waals surface area (Å²) in [7, 11) is 0. The maximum atomic E-state index is 12.7. The van der Waals surface area contributed by atoms with E-state index in [9.17, 15) is 27.9 Å². The largest absolute Gasteiger partial charge is 0.480 e. The lowest BCUT2D eigenvalue weighted by atomic mass is 9.90. The minimum atomic E-state index is -4.40. The zero-order chi connectivity index (χ0) is 19.8. The van der Waals surface area contributed by atoms with Crippen LogP contribution < -0.4 is 0 Å². The monoisotopic (exact) mass is 375 g/mol. The van der Waals surface area contributed by atoms with Crippen LogP contribution in [0.2, 0.25) is 0 Å². The minimum Gasteiger partial charge on any atom is -0.480 e. The van der Waals surface area contributed by atoms with Crippen molar-refractivity contribution in [2.45, 2.75) is 25.2 Å². The van der Waals surface area contributed by atoms with E-state index in [1.54, 1.807) is 18.2 Å². The lowest BCUT2D eigenvalue weighted by Gasteiger charge is -2.34. The highest BCUT2D eigenvalue weighted by molar-refractivity contribution is 5.91. The molecule has 4 nitrogen and oxygen atoms in total. The third kappa shape index (κ3) is 3.72. The molecule has 0 fully saturated rings. The summed E-state index contributed by atoms with van der Waals surface area (Å²) >= 11 is 0. The Kier molecular flexibility index (Phi) is 4.78. The number of hydrogen-bond acceptors (Lipinski definition) is 2. The standard InChI is InChI=1S/C20H16F3NO3/c1-2-18(25)24-11-15-9-13(3-4-14(15)10-17(24)19(26)27)12-5-7-16(8-6-12)20(21,22)23/h2-9,17H,1,10-11H2,(H,26,27)/t17-/m1/s1. The van der Waals surface area contributed by atoms with Gasteiger partial charge in [0, 0.05) is 13.0 Å². The molecule has 3 rings (SSSR count). The van der Waals surface area contributed by atoms with Crippen molar-refractivity contribution in [2.75, 3.05) is 0 Å². The number of nitrogens with zero attached hydrogens (tertiary/aromatic N) is 1. The second kappa shape index (κ2) is 6.90. The van der Waals surface area contributed by atoms with Crippen molar-refractivity contribution in [3.63, 3.8) is 0 Å². The SMILES string of the molecule is C=CC(=O)N1Cc2cc(-c3ccc(C(F)(F)F)cc3)ccc2C[C@@H]1C(=O)O. The van der Waals surface area contributed by atoms with Crippen molar-refractivity contribution >= 4 is 11.9 Å². The van der Waals surface area contributed by atoms with E-state index in [2.05, 4.69) is 6.58 Å². The summed E-state index contributed by atoms with van der Waals surface area (Å²) in [5.41, 5.74) is 2.14. The van der Waals surface area contributed by atoms with Crippen LogP contribution in [0.1, 0.15) is 16.7 Å². The molecular weight excluding hydrogens is 359 g/mol. The van der Waals surface area contributed by atoms with Gasteiger partial charge in [0.1, 0.15) is 6.04 Å². The predicted octanol–water partition coefficient (Wildman–Crippen LogP) is 3.90. The third-order valence-electron chi connectivity index (χ3n) is 4.62. The average Bonchev–Trinajstić information content (AvgIpc) is 2.65. The molecule has 1 heterocycles. The van der Waals surface area contributed by atoms with Crippen LogP contribution in [-0.4, -0.2) is 27.9 Å². The highest BCUT2D eigenvalue weighted by Crippen LogP contribution is 2.32. The van der Waals surface area contributed by atoms with Gasteiger partial charge in [-0.15, -0.1) is 0 Å². The molecule has 0 spiro atoms. The molecule has 0 saturated heterocycles. The number of benzene rings is 2. The van der Waals surface area contributed by atoms with E-state index in [0.717, 1.165) is 29.3 Å². The molecule has 0 unspecified atom stereocenters. The molecular formula is C20H16F3NO3. The fourth-order valence-electron chi connectivity index (χ4n) is 3.19. The number of aliphatic carboxylic acids is 1. The normalized spacial score (nSPS) is 16.6. The Morgan fingerprint density at radius 2 is 1.70 bits per heavy atom. The van der Waals surface area contributed by atoms with Gasteiger partial charge < -0.3 is 10.0 Å². The molecule has 1 amide bonds. The van der Waals surface area contributed by atoms with Crippen molar-refractivity contribution in [3.05, 3.63) is 71.8 Å². The number of carboxylic acid groups (broad SMARTS) is 1. The molecule has 1 N–H and O–H groups in total. The van der Waals surface area contributed by atoms with E-state index in [1.165, 1.54) is 17.0 Å². The van der Waals surface area contributed by atoms with Crippen LogP contribution in [-0.2, 0) is 28.7 Å². The first kappa shape index (κ1) is 18.7. The molecule has 27 heavy (non-hydrogen) atoms. The summed E-state index contributed by atoms with van der Waals surface area (Å²) in [6, 6.07) is 9.12. The molecule has 0 saturated carbocycles. The summed E-state index contributed by atoms with van der Waals surface area (Å²) in [5, 5.41) is 9.38. The fraction of sp³-hybridized carbons (Fsp3) is 0.200. The fourth-order valence-corrected chi connectivity index (χ4v) is 3.19. The van der Waals surface area contributed by atoms with Crippen LogP contribution in [0.5, 0.6) is 0 Å². The molecule has 1 aliphatic heterocycles. The van der Waals surface area contributed by atoms with Gasteiger partial charge >= 0.3 is 12.1 Å². The third-order valence-corrected chi connectivity index (χ3v) is 4.62. The number of carbonyl (C=O) groups excluding carboxylic acids is 1. The molecule has 0 aromatic heterocycles. The van der Waals surface area contributed by atoms with Gasteiger partial charge in [0.25, 0.3) is 0 Å². The highest BCUT2D eigenvalue weighted by atomic mass is 19.4. The van der Waals surface area contributed by atoms with Crippen molar-refractivity contribution in [1.82, 2.24) is 4.90 Å². The first-order valence-electron chi connectivity index (χ1n) is 8.16. The van der Waals surface area contributed by atoms with Crippen LogP contribution in [0.4, 0.5) is 13.2 Å². The van der Waals surface area contributed by atoms with Gasteiger partial charge in [-0.05, 0) is 46.5 Å². The average molecular weight is 375 g/mol. The van der Waals surface area contributed by atoms with Crippen molar-refractivity contribution in [3.8, 4) is 11.1 Å². The number of fused-ring (bicyclic) bond motifs is 1. The van der Waals surface area contributed by atoms with Crippen LogP contribution in [0.15, 0.2) is 55.1 Å². The van der Waals surface area contributed by atoms with Gasteiger partial charge in [-0.1, -0.05) is 30.8 Å². The van der Waals surface area contributed by atoms with E-state index in [4.69, 9.17) is 0 Å². The molecule has 1 atom stereocenters. The Morgan fingerprint density at radius 1 is 1.07 bits per heavy atom. The zero-order valence-electron chi connectivity index (χ0n) is 14.2. The first-order chi connectivity index (χ1) is 12.7. The molecule has 7 heteroatoms. The molecule has 2 aromatic rings. The zero-order valence-corrected chi connectivity index (χ0v) is 14.2. The van der Waals surface area contributed by atoms with Gasteiger partial charge in [-0.2, -0.15) is 13.2 Å². The Bertz CT molecular complexity index is 904. The van der Waals surface area contributed by atoms with Gasteiger partial charge in [0.2, 0.25) is 5.91 Å². The maximum absolute atomic E-state index is 12.7. The van der Waals surface area contributed by atoms with Crippen molar-refractivity contribution in [2.24, 2.45) is 0 Å². The van der Waals surface area contributed by atoms with E-state index in [1.807, 2.05) is 0 Å². The summed E-state index contributed by atoms with van der Waals surface area (Å²) in [6.45, 7) is 3.51. The number of hydrogen-bond donors (Lipinski definition) is 1. The Hall–Kier alpha value is -3.09. The van der Waals surface area contributed by atoms with E-state index >= 15 is 0 Å². The first-order valence-corrected chi connectivity index (χ1v) is 8.16.